The van der Waals surface area contributed by atoms with E-state index >= 15 is 0 Å². The number of benzene rings is 1. The highest BCUT2D eigenvalue weighted by atomic mass is 79.9. The molecule has 0 aromatic heterocycles. The van der Waals surface area contributed by atoms with Crippen LogP contribution in [0, 0.1) is 16.0 Å². The minimum absolute atomic E-state index is 0.143. The van der Waals surface area contributed by atoms with Crippen molar-refractivity contribution in [3.05, 3.63) is 38.9 Å². The molecule has 0 bridgehead atoms. The van der Waals surface area contributed by atoms with Crippen LogP contribution in [0.2, 0.25) is 5.02 Å². The molecule has 1 aromatic rings. The highest BCUT2D eigenvalue weighted by molar-refractivity contribution is 9.09. The summed E-state index contributed by atoms with van der Waals surface area (Å²) in [4.78, 5) is 10.8. The van der Waals surface area contributed by atoms with Crippen LogP contribution in [0.3, 0.4) is 0 Å². The van der Waals surface area contributed by atoms with Gasteiger partial charge in [-0.25, -0.2) is 0 Å². The highest BCUT2D eigenvalue weighted by Crippen LogP contribution is 2.27. The molecule has 0 aliphatic heterocycles. The quantitative estimate of drug-likeness (QED) is 0.475. The third-order valence-electron chi connectivity index (χ3n) is 2.56. The van der Waals surface area contributed by atoms with Gasteiger partial charge >= 0.3 is 0 Å². The Morgan fingerprint density at radius 2 is 2.12 bits per heavy atom. The molecule has 16 heavy (non-hydrogen) atoms. The topological polar surface area (TPSA) is 43.1 Å². The number of nitrogens with zero attached hydrogens (tertiary/aromatic N) is 1. The van der Waals surface area contributed by atoms with Gasteiger partial charge in [-0.05, 0) is 24.5 Å². The van der Waals surface area contributed by atoms with E-state index in [1.807, 2.05) is 13.8 Å². The molecule has 0 N–H and O–H groups in total. The lowest BCUT2D eigenvalue weighted by molar-refractivity contribution is -0.385. The molecule has 0 heterocycles. The number of halogens is 2. The number of hydrogen-bond acceptors (Lipinski definition) is 2. The lowest BCUT2D eigenvalue weighted by Crippen LogP contribution is -2.11. The van der Waals surface area contributed by atoms with Crippen molar-refractivity contribution < 1.29 is 4.92 Å². The van der Waals surface area contributed by atoms with Gasteiger partial charge in [0.2, 0.25) is 0 Å². The Morgan fingerprint density at radius 1 is 1.50 bits per heavy atom. The molecular formula is C11H13BrClNO2. The van der Waals surface area contributed by atoms with Crippen LogP contribution < -0.4 is 0 Å². The van der Waals surface area contributed by atoms with Gasteiger partial charge in [0.25, 0.3) is 5.69 Å². The second kappa shape index (κ2) is 5.64. The van der Waals surface area contributed by atoms with Crippen LogP contribution in [-0.4, -0.2) is 9.75 Å². The summed E-state index contributed by atoms with van der Waals surface area (Å²) < 4.78 is 0. The number of nitro groups is 1. The molecule has 2 atom stereocenters. The summed E-state index contributed by atoms with van der Waals surface area (Å²) in [5, 5.41) is 11.4. The number of rotatable bonds is 4. The molecule has 0 aliphatic rings. The van der Waals surface area contributed by atoms with Gasteiger partial charge in [0.05, 0.1) is 4.92 Å². The zero-order valence-corrected chi connectivity index (χ0v) is 11.5. The summed E-state index contributed by atoms with van der Waals surface area (Å²) in [7, 11) is 0. The average Bonchev–Trinajstić information content (AvgIpc) is 2.16. The molecule has 5 heteroatoms. The summed E-state index contributed by atoms with van der Waals surface area (Å²) in [5.41, 5.74) is 0.834. The van der Waals surface area contributed by atoms with Gasteiger partial charge in [-0.15, -0.1) is 0 Å². The first-order valence-electron chi connectivity index (χ1n) is 4.98. The second-order valence-corrected chi connectivity index (χ2v) is 5.77. The van der Waals surface area contributed by atoms with E-state index in [2.05, 4.69) is 15.9 Å². The fourth-order valence-electron chi connectivity index (χ4n) is 1.40. The van der Waals surface area contributed by atoms with Crippen LogP contribution in [0.5, 0.6) is 0 Å². The van der Waals surface area contributed by atoms with E-state index in [4.69, 9.17) is 11.6 Å². The van der Waals surface area contributed by atoms with E-state index < -0.39 is 0 Å². The fourth-order valence-corrected chi connectivity index (χ4v) is 1.79. The third-order valence-corrected chi connectivity index (χ3v) is 3.70. The van der Waals surface area contributed by atoms with E-state index in [9.17, 15) is 10.1 Å². The van der Waals surface area contributed by atoms with Crippen molar-refractivity contribution in [3.63, 3.8) is 0 Å². The molecule has 88 valence electrons. The predicted octanol–water partition coefficient (Wildman–Crippen LogP) is 4.21. The van der Waals surface area contributed by atoms with Crippen molar-refractivity contribution in [1.29, 1.82) is 0 Å². The van der Waals surface area contributed by atoms with Crippen molar-refractivity contribution in [1.82, 2.24) is 0 Å². The van der Waals surface area contributed by atoms with Gasteiger partial charge < -0.3 is 0 Å². The number of nitro benzene ring substituents is 1. The smallest absolute Gasteiger partial charge is 0.258 e. The lowest BCUT2D eigenvalue weighted by atomic mass is 9.97. The Balaban J connectivity index is 3.01. The summed E-state index contributed by atoms with van der Waals surface area (Å²) in [6.07, 6.45) is 0.642. The molecule has 0 amide bonds. The Bertz CT molecular complexity index is 396. The van der Waals surface area contributed by atoms with Crippen LogP contribution >= 0.6 is 27.5 Å². The standard InChI is InChI=1S/C11H13BrClNO2/c1-7(8(2)12)5-9-6-10(13)3-4-11(9)14(15)16/h3-4,6-8H,5H2,1-2H3. The van der Waals surface area contributed by atoms with Gasteiger partial charge in [0, 0.05) is 21.5 Å². The number of alkyl halides is 1. The summed E-state index contributed by atoms with van der Waals surface area (Å²) in [6, 6.07) is 4.68. The maximum Gasteiger partial charge on any atom is 0.272 e. The van der Waals surface area contributed by atoms with Gasteiger partial charge in [0.1, 0.15) is 0 Å². The van der Waals surface area contributed by atoms with E-state index in [-0.39, 0.29) is 10.6 Å². The molecule has 1 rings (SSSR count). The molecule has 0 spiro atoms. The molecule has 0 aliphatic carbocycles. The van der Waals surface area contributed by atoms with Gasteiger partial charge in [-0.1, -0.05) is 41.4 Å². The minimum Gasteiger partial charge on any atom is -0.258 e. The van der Waals surface area contributed by atoms with Crippen molar-refractivity contribution in [2.24, 2.45) is 5.92 Å². The maximum absolute atomic E-state index is 10.8. The largest absolute Gasteiger partial charge is 0.272 e. The fraction of sp³-hybridized carbons (Fsp3) is 0.455. The molecule has 0 fully saturated rings. The zero-order chi connectivity index (χ0) is 12.3. The Hall–Kier alpha value is -0.610. The van der Waals surface area contributed by atoms with Crippen LogP contribution in [0.25, 0.3) is 0 Å². The molecule has 2 unspecified atom stereocenters. The molecule has 0 radical (unpaired) electrons. The van der Waals surface area contributed by atoms with Crippen molar-refractivity contribution in [2.45, 2.75) is 25.1 Å². The van der Waals surface area contributed by atoms with Crippen LogP contribution in [-0.2, 0) is 6.42 Å². The second-order valence-electron chi connectivity index (χ2n) is 3.89. The zero-order valence-electron chi connectivity index (χ0n) is 9.11. The Labute approximate surface area is 108 Å². The first-order chi connectivity index (χ1) is 7.41. The van der Waals surface area contributed by atoms with E-state index in [0.717, 1.165) is 0 Å². The first-order valence-corrected chi connectivity index (χ1v) is 6.28. The van der Waals surface area contributed by atoms with Gasteiger partial charge in [-0.3, -0.25) is 10.1 Å². The lowest BCUT2D eigenvalue weighted by Gasteiger charge is -2.14. The summed E-state index contributed by atoms with van der Waals surface area (Å²) >= 11 is 9.32. The monoisotopic (exact) mass is 305 g/mol. The Morgan fingerprint density at radius 3 is 2.62 bits per heavy atom. The van der Waals surface area contributed by atoms with Crippen LogP contribution in [0.1, 0.15) is 19.4 Å². The molecular weight excluding hydrogens is 293 g/mol. The minimum atomic E-state index is -0.364. The van der Waals surface area contributed by atoms with Crippen LogP contribution in [0.15, 0.2) is 18.2 Å². The highest BCUT2D eigenvalue weighted by Gasteiger charge is 2.18. The van der Waals surface area contributed by atoms with Crippen molar-refractivity contribution >= 4 is 33.2 Å². The van der Waals surface area contributed by atoms with Crippen molar-refractivity contribution in [2.75, 3.05) is 0 Å². The number of hydrogen-bond donors (Lipinski definition) is 0. The predicted molar refractivity (Wildman–Crippen MR) is 69.4 cm³/mol. The summed E-state index contributed by atoms with van der Waals surface area (Å²) in [5.74, 6) is 0.317. The molecule has 1 aromatic carbocycles. The van der Waals surface area contributed by atoms with Gasteiger partial charge in [0.15, 0.2) is 0 Å². The van der Waals surface area contributed by atoms with E-state index in [0.29, 0.717) is 27.8 Å². The van der Waals surface area contributed by atoms with E-state index in [1.54, 1.807) is 12.1 Å². The maximum atomic E-state index is 10.8. The van der Waals surface area contributed by atoms with E-state index in [1.165, 1.54) is 6.07 Å². The third kappa shape index (κ3) is 3.46. The molecule has 0 saturated carbocycles. The molecule has 0 saturated heterocycles. The summed E-state index contributed by atoms with van der Waals surface area (Å²) in [6.45, 7) is 4.07. The average molecular weight is 307 g/mol. The SMILES string of the molecule is CC(Br)C(C)Cc1cc(Cl)ccc1[N+](=O)[O-]. The normalized spacial score (nSPS) is 14.5. The first kappa shape index (κ1) is 13.5. The van der Waals surface area contributed by atoms with Crippen LogP contribution in [0.4, 0.5) is 5.69 Å². The van der Waals surface area contributed by atoms with Crippen molar-refractivity contribution in [3.8, 4) is 0 Å². The van der Waals surface area contributed by atoms with Gasteiger partial charge in [-0.2, -0.15) is 0 Å². The molecule has 3 nitrogen and oxygen atoms in total. The Kier molecular flexibility index (Phi) is 4.74.